The van der Waals surface area contributed by atoms with Crippen molar-refractivity contribution < 1.29 is 4.79 Å². The highest BCUT2D eigenvalue weighted by Gasteiger charge is 2.23. The molecule has 1 aliphatic rings. The Morgan fingerprint density at radius 1 is 1.21 bits per heavy atom. The fraction of sp³-hybridized carbons (Fsp3) is 0.364. The molecule has 1 aromatic carbocycles. The van der Waals surface area contributed by atoms with Gasteiger partial charge < -0.3 is 9.88 Å². The van der Waals surface area contributed by atoms with Crippen molar-refractivity contribution in [2.75, 3.05) is 5.32 Å². The highest BCUT2D eigenvalue weighted by molar-refractivity contribution is 6.04. The summed E-state index contributed by atoms with van der Waals surface area (Å²) < 4.78 is 2.07. The van der Waals surface area contributed by atoms with Crippen molar-refractivity contribution in [2.24, 2.45) is 0 Å². The minimum Gasteiger partial charge on any atom is -0.332 e. The highest BCUT2D eigenvalue weighted by Crippen LogP contribution is 2.35. The van der Waals surface area contributed by atoms with Crippen LogP contribution >= 0.6 is 0 Å². The number of benzene rings is 1. The lowest BCUT2D eigenvalue weighted by atomic mass is 10.0. The summed E-state index contributed by atoms with van der Waals surface area (Å²) in [5.41, 5.74) is 4.62. The minimum absolute atomic E-state index is 0.139. The Hall–Kier alpha value is -3.02. The number of carbonyl (C=O) groups is 1. The highest BCUT2D eigenvalue weighted by atomic mass is 16.1. The Kier molecular flexibility index (Phi) is 4.94. The predicted octanol–water partition coefficient (Wildman–Crippen LogP) is 4.03. The fourth-order valence-corrected chi connectivity index (χ4v) is 3.32. The lowest BCUT2D eigenvalue weighted by molar-refractivity contribution is 0.102. The molecule has 1 amide bonds. The van der Waals surface area contributed by atoms with Gasteiger partial charge in [0.2, 0.25) is 0 Å². The van der Waals surface area contributed by atoms with Crippen LogP contribution in [0.5, 0.6) is 0 Å². The second-order valence-corrected chi connectivity index (χ2v) is 7.49. The zero-order chi connectivity index (χ0) is 19.7. The molecule has 0 atom stereocenters. The largest absolute Gasteiger partial charge is 0.332 e. The van der Waals surface area contributed by atoms with Crippen LogP contribution in [0.3, 0.4) is 0 Å². The maximum Gasteiger partial charge on any atom is 0.257 e. The van der Waals surface area contributed by atoms with Crippen molar-refractivity contribution in [3.05, 3.63) is 70.7 Å². The molecule has 1 N–H and O–H groups in total. The first-order chi connectivity index (χ1) is 13.5. The Labute approximate surface area is 165 Å². The Morgan fingerprint density at radius 2 is 2.04 bits per heavy atom. The first-order valence-electron chi connectivity index (χ1n) is 9.79. The standard InChI is InChI=1S/C22H25N5O/c1-4-17-9-15(3)24-20(25-17)11-16-6-5-14(2)19(10-16)22(28)26-21-12-27(13-23-21)18-7-8-18/h5-6,9-10,12-13,18H,4,7-8,11H2,1-3H3,(H,26,28). The number of nitrogens with one attached hydrogen (secondary N) is 1. The molecule has 0 saturated heterocycles. The summed E-state index contributed by atoms with van der Waals surface area (Å²) in [7, 11) is 0. The van der Waals surface area contributed by atoms with Crippen LogP contribution in [-0.2, 0) is 12.8 Å². The van der Waals surface area contributed by atoms with Crippen molar-refractivity contribution in [2.45, 2.75) is 52.5 Å². The molecular weight excluding hydrogens is 350 g/mol. The Morgan fingerprint density at radius 3 is 2.79 bits per heavy atom. The van der Waals surface area contributed by atoms with E-state index in [1.807, 2.05) is 44.3 Å². The van der Waals surface area contributed by atoms with Crippen LogP contribution in [-0.4, -0.2) is 25.4 Å². The summed E-state index contributed by atoms with van der Waals surface area (Å²) in [6.07, 6.45) is 7.55. The van der Waals surface area contributed by atoms with Crippen molar-refractivity contribution in [3.8, 4) is 0 Å². The van der Waals surface area contributed by atoms with Gasteiger partial charge in [-0.25, -0.2) is 15.0 Å². The van der Waals surface area contributed by atoms with Crippen molar-refractivity contribution in [1.29, 1.82) is 0 Å². The molecule has 0 spiro atoms. The predicted molar refractivity (Wildman–Crippen MR) is 109 cm³/mol. The molecule has 0 bridgehead atoms. The van der Waals surface area contributed by atoms with Crippen LogP contribution in [0, 0.1) is 13.8 Å². The molecule has 6 nitrogen and oxygen atoms in total. The molecule has 4 rings (SSSR count). The first-order valence-corrected chi connectivity index (χ1v) is 9.79. The van der Waals surface area contributed by atoms with Crippen LogP contribution in [0.1, 0.15) is 64.5 Å². The first kappa shape index (κ1) is 18.3. The molecule has 3 aromatic rings. The van der Waals surface area contributed by atoms with Gasteiger partial charge in [-0.05, 0) is 56.4 Å². The molecule has 2 aromatic heterocycles. The number of nitrogens with zero attached hydrogens (tertiary/aromatic N) is 4. The average Bonchev–Trinajstić information content (AvgIpc) is 3.42. The third kappa shape index (κ3) is 4.11. The fourth-order valence-electron chi connectivity index (χ4n) is 3.32. The number of rotatable bonds is 6. The minimum atomic E-state index is -0.139. The van der Waals surface area contributed by atoms with E-state index in [1.165, 1.54) is 12.8 Å². The monoisotopic (exact) mass is 375 g/mol. The van der Waals surface area contributed by atoms with Gasteiger partial charge in [-0.1, -0.05) is 19.1 Å². The molecule has 144 valence electrons. The average molecular weight is 375 g/mol. The number of aromatic nitrogens is 4. The molecule has 0 radical (unpaired) electrons. The van der Waals surface area contributed by atoms with Crippen LogP contribution in [0.4, 0.5) is 5.82 Å². The Bertz CT molecular complexity index is 1020. The maximum atomic E-state index is 12.8. The van der Waals surface area contributed by atoms with Crippen LogP contribution in [0.25, 0.3) is 0 Å². The van der Waals surface area contributed by atoms with E-state index >= 15 is 0 Å². The Balaban J connectivity index is 1.52. The number of amides is 1. The van der Waals surface area contributed by atoms with Crippen LogP contribution in [0.2, 0.25) is 0 Å². The quantitative estimate of drug-likeness (QED) is 0.706. The van der Waals surface area contributed by atoms with E-state index in [2.05, 4.69) is 31.8 Å². The number of hydrogen-bond acceptors (Lipinski definition) is 4. The molecule has 28 heavy (non-hydrogen) atoms. The van der Waals surface area contributed by atoms with Crippen LogP contribution in [0.15, 0.2) is 36.8 Å². The van der Waals surface area contributed by atoms with Gasteiger partial charge in [0.25, 0.3) is 5.91 Å². The summed E-state index contributed by atoms with van der Waals surface area (Å²) in [5.74, 6) is 1.24. The summed E-state index contributed by atoms with van der Waals surface area (Å²) in [4.78, 5) is 26.3. The summed E-state index contributed by atoms with van der Waals surface area (Å²) >= 11 is 0. The molecule has 0 unspecified atom stereocenters. The SMILES string of the molecule is CCc1cc(C)nc(Cc2ccc(C)c(C(=O)Nc3cn(C4CC4)cn3)c2)n1. The number of anilines is 1. The van der Waals surface area contributed by atoms with E-state index in [-0.39, 0.29) is 5.91 Å². The van der Waals surface area contributed by atoms with Gasteiger partial charge in [0.05, 0.1) is 6.33 Å². The number of imidazole rings is 1. The van der Waals surface area contributed by atoms with Gasteiger partial charge in [0.15, 0.2) is 5.82 Å². The van der Waals surface area contributed by atoms with E-state index in [1.54, 1.807) is 6.33 Å². The van der Waals surface area contributed by atoms with E-state index in [9.17, 15) is 4.79 Å². The zero-order valence-electron chi connectivity index (χ0n) is 16.6. The molecule has 1 fully saturated rings. The summed E-state index contributed by atoms with van der Waals surface area (Å²) in [6, 6.07) is 8.50. The van der Waals surface area contributed by atoms with Gasteiger partial charge in [-0.2, -0.15) is 0 Å². The molecule has 1 saturated carbocycles. The van der Waals surface area contributed by atoms with Crippen molar-refractivity contribution >= 4 is 11.7 Å². The van der Waals surface area contributed by atoms with Gasteiger partial charge in [-0.15, -0.1) is 0 Å². The van der Waals surface area contributed by atoms with E-state index in [4.69, 9.17) is 0 Å². The maximum absolute atomic E-state index is 12.8. The van der Waals surface area contributed by atoms with Gasteiger partial charge in [0.1, 0.15) is 5.82 Å². The van der Waals surface area contributed by atoms with E-state index in [0.717, 1.165) is 34.8 Å². The summed E-state index contributed by atoms with van der Waals surface area (Å²) in [5, 5.41) is 2.92. The third-order valence-electron chi connectivity index (χ3n) is 5.04. The van der Waals surface area contributed by atoms with Crippen LogP contribution < -0.4 is 5.32 Å². The lowest BCUT2D eigenvalue weighted by Crippen LogP contribution is -2.14. The number of carbonyl (C=O) groups excluding carboxylic acids is 1. The van der Waals surface area contributed by atoms with Crippen molar-refractivity contribution in [1.82, 2.24) is 19.5 Å². The lowest BCUT2D eigenvalue weighted by Gasteiger charge is -2.09. The molecular formula is C22H25N5O. The van der Waals surface area contributed by atoms with Crippen molar-refractivity contribution in [3.63, 3.8) is 0 Å². The van der Waals surface area contributed by atoms with E-state index < -0.39 is 0 Å². The second kappa shape index (κ2) is 7.54. The molecule has 2 heterocycles. The molecule has 0 aliphatic heterocycles. The zero-order valence-corrected chi connectivity index (χ0v) is 16.6. The smallest absolute Gasteiger partial charge is 0.257 e. The normalized spacial score (nSPS) is 13.5. The topological polar surface area (TPSA) is 72.7 Å². The number of aryl methyl sites for hydroxylation is 3. The van der Waals surface area contributed by atoms with Gasteiger partial charge in [-0.3, -0.25) is 4.79 Å². The molecule has 6 heteroatoms. The second-order valence-electron chi connectivity index (χ2n) is 7.49. The summed E-state index contributed by atoms with van der Waals surface area (Å²) in [6.45, 7) is 6.02. The third-order valence-corrected chi connectivity index (χ3v) is 5.04. The van der Waals surface area contributed by atoms with Gasteiger partial charge in [0, 0.05) is 35.6 Å². The van der Waals surface area contributed by atoms with E-state index in [0.29, 0.717) is 23.8 Å². The molecule has 1 aliphatic carbocycles. The van der Waals surface area contributed by atoms with Gasteiger partial charge >= 0.3 is 0 Å². The number of hydrogen-bond donors (Lipinski definition) is 1.